The Hall–Kier alpha value is -3.08. The van der Waals surface area contributed by atoms with Crippen molar-refractivity contribution in [2.24, 2.45) is 0 Å². The molecule has 4 rings (SSSR count). The summed E-state index contributed by atoms with van der Waals surface area (Å²) >= 11 is 1.79. The van der Waals surface area contributed by atoms with Gasteiger partial charge in [-0.25, -0.2) is 4.39 Å². The van der Waals surface area contributed by atoms with Crippen molar-refractivity contribution >= 4 is 33.5 Å². The summed E-state index contributed by atoms with van der Waals surface area (Å²) in [6.45, 7) is 4.70. The highest BCUT2D eigenvalue weighted by Crippen LogP contribution is 2.35. The van der Waals surface area contributed by atoms with E-state index in [0.29, 0.717) is 36.4 Å². The first-order valence-electron chi connectivity index (χ1n) is 13.5. The van der Waals surface area contributed by atoms with Gasteiger partial charge in [-0.05, 0) is 108 Å². The highest BCUT2D eigenvalue weighted by molar-refractivity contribution is 7.99. The molecule has 0 saturated carbocycles. The maximum absolute atomic E-state index is 14.4. The molecule has 0 aromatic heterocycles. The van der Waals surface area contributed by atoms with Gasteiger partial charge in [0.2, 0.25) is 0 Å². The van der Waals surface area contributed by atoms with Gasteiger partial charge >= 0.3 is 5.97 Å². The van der Waals surface area contributed by atoms with Crippen LogP contribution in [0.2, 0.25) is 0 Å². The molecule has 7 nitrogen and oxygen atoms in total. The Bertz CT molecular complexity index is 1480. The zero-order valence-electron chi connectivity index (χ0n) is 23.5. The number of nitrogens with one attached hydrogen (secondary N) is 1. The lowest BCUT2D eigenvalue weighted by atomic mass is 9.94. The number of carboxylic acids is 1. The van der Waals surface area contributed by atoms with Gasteiger partial charge in [-0.3, -0.25) is 8.98 Å². The molecule has 220 valence electrons. The standard InChI is InChI=1S/C31H36FNO6S2/c1-21-15-27(38-20-31(39-41(3,36)37)11-13-40-14-12-31)16-22(2)30(21)25-6-4-5-23(17-25)19-33-26-9-7-24(28(32)18-26)8-10-29(34)35/h4-7,9,15-18,33H,8,10-14,19-20H2,1-3H3,(H,34,35). The van der Waals surface area contributed by atoms with E-state index in [1.54, 1.807) is 23.9 Å². The molecule has 0 aliphatic carbocycles. The number of aliphatic carboxylic acids is 1. The number of aryl methyl sites for hydroxylation is 3. The van der Waals surface area contributed by atoms with E-state index in [0.717, 1.165) is 45.6 Å². The number of carbonyl (C=O) groups is 1. The van der Waals surface area contributed by atoms with Crippen LogP contribution in [0.5, 0.6) is 5.75 Å². The minimum absolute atomic E-state index is 0.111. The predicted octanol–water partition coefficient (Wildman–Crippen LogP) is 6.36. The number of anilines is 1. The van der Waals surface area contributed by atoms with Gasteiger partial charge in [0.05, 0.1) is 6.26 Å². The Kier molecular flexibility index (Phi) is 9.99. The van der Waals surface area contributed by atoms with E-state index in [4.69, 9.17) is 14.0 Å². The summed E-state index contributed by atoms with van der Waals surface area (Å²) in [6.07, 6.45) is 2.36. The SMILES string of the molecule is Cc1cc(OCC2(OS(C)(=O)=O)CCSCC2)cc(C)c1-c1cccc(CNc2ccc(CCC(=O)O)c(F)c2)c1. The fourth-order valence-electron chi connectivity index (χ4n) is 5.14. The zero-order valence-corrected chi connectivity index (χ0v) is 25.2. The third kappa shape index (κ3) is 8.70. The third-order valence-electron chi connectivity index (χ3n) is 7.11. The number of rotatable bonds is 12. The number of thioether (sulfide) groups is 1. The molecule has 41 heavy (non-hydrogen) atoms. The van der Waals surface area contributed by atoms with Crippen molar-refractivity contribution in [1.82, 2.24) is 0 Å². The highest BCUT2D eigenvalue weighted by atomic mass is 32.2. The van der Waals surface area contributed by atoms with Gasteiger partial charge in [0, 0.05) is 18.7 Å². The van der Waals surface area contributed by atoms with Crippen molar-refractivity contribution < 1.29 is 31.6 Å². The van der Waals surface area contributed by atoms with Crippen molar-refractivity contribution in [2.45, 2.75) is 51.7 Å². The monoisotopic (exact) mass is 601 g/mol. The molecule has 1 fully saturated rings. The molecule has 0 bridgehead atoms. The Morgan fingerprint density at radius 2 is 1.78 bits per heavy atom. The number of carboxylic acid groups (broad SMARTS) is 1. The second-order valence-electron chi connectivity index (χ2n) is 10.6. The van der Waals surface area contributed by atoms with Gasteiger partial charge in [0.15, 0.2) is 0 Å². The molecule has 10 heteroatoms. The molecule has 1 aliphatic rings. The predicted molar refractivity (Wildman–Crippen MR) is 162 cm³/mol. The quantitative estimate of drug-likeness (QED) is 0.231. The molecule has 0 unspecified atom stereocenters. The topological polar surface area (TPSA) is 102 Å². The van der Waals surface area contributed by atoms with E-state index in [1.807, 2.05) is 44.2 Å². The number of hydrogen-bond donors (Lipinski definition) is 2. The number of halogens is 1. The second kappa shape index (κ2) is 13.3. The number of hydrogen-bond acceptors (Lipinski definition) is 7. The van der Waals surface area contributed by atoms with E-state index < -0.39 is 27.5 Å². The van der Waals surface area contributed by atoms with Crippen LogP contribution in [0, 0.1) is 19.7 Å². The Morgan fingerprint density at radius 1 is 1.07 bits per heavy atom. The van der Waals surface area contributed by atoms with Gasteiger partial charge in [-0.1, -0.05) is 24.3 Å². The van der Waals surface area contributed by atoms with E-state index in [9.17, 15) is 17.6 Å². The first-order chi connectivity index (χ1) is 19.4. The maximum Gasteiger partial charge on any atom is 0.303 e. The van der Waals surface area contributed by atoms with Crippen LogP contribution in [0.3, 0.4) is 0 Å². The van der Waals surface area contributed by atoms with Crippen LogP contribution in [0.1, 0.15) is 41.5 Å². The first kappa shape index (κ1) is 30.9. The van der Waals surface area contributed by atoms with Crippen molar-refractivity contribution in [2.75, 3.05) is 29.7 Å². The highest BCUT2D eigenvalue weighted by Gasteiger charge is 2.38. The third-order valence-corrected chi connectivity index (χ3v) is 8.76. The molecule has 3 aromatic carbocycles. The van der Waals surface area contributed by atoms with Gasteiger partial charge < -0.3 is 15.2 Å². The molecule has 1 heterocycles. The smallest absolute Gasteiger partial charge is 0.303 e. The minimum Gasteiger partial charge on any atom is -0.491 e. The van der Waals surface area contributed by atoms with E-state index in [-0.39, 0.29) is 19.4 Å². The van der Waals surface area contributed by atoms with Crippen LogP contribution >= 0.6 is 11.8 Å². The summed E-state index contributed by atoms with van der Waals surface area (Å²) in [5.74, 6) is 0.952. The fourth-order valence-corrected chi connectivity index (χ4v) is 7.23. The Labute approximate surface area is 245 Å². The lowest BCUT2D eigenvalue weighted by Crippen LogP contribution is -2.44. The van der Waals surface area contributed by atoms with Crippen LogP contribution in [-0.4, -0.2) is 49.5 Å². The number of benzene rings is 3. The average Bonchev–Trinajstić information content (AvgIpc) is 2.90. The van der Waals surface area contributed by atoms with Crippen LogP contribution in [-0.2, 0) is 32.1 Å². The van der Waals surface area contributed by atoms with Gasteiger partial charge in [0.25, 0.3) is 10.1 Å². The van der Waals surface area contributed by atoms with Crippen molar-refractivity contribution in [3.63, 3.8) is 0 Å². The largest absolute Gasteiger partial charge is 0.491 e. The molecule has 0 atom stereocenters. The molecule has 0 spiro atoms. The van der Waals surface area contributed by atoms with Crippen LogP contribution in [0.25, 0.3) is 11.1 Å². The maximum atomic E-state index is 14.4. The summed E-state index contributed by atoms with van der Waals surface area (Å²) in [5.41, 5.74) is 5.37. The second-order valence-corrected chi connectivity index (χ2v) is 13.4. The van der Waals surface area contributed by atoms with Crippen molar-refractivity contribution in [3.05, 3.63) is 82.7 Å². The molecule has 3 aromatic rings. The first-order valence-corrected chi connectivity index (χ1v) is 16.5. The van der Waals surface area contributed by atoms with Gasteiger partial charge in [-0.15, -0.1) is 0 Å². The Morgan fingerprint density at radius 3 is 2.41 bits per heavy atom. The van der Waals surface area contributed by atoms with Crippen molar-refractivity contribution in [1.29, 1.82) is 0 Å². The minimum atomic E-state index is -3.61. The molecule has 0 radical (unpaired) electrons. The molecule has 0 amide bonds. The molecule has 1 aliphatic heterocycles. The molecule has 2 N–H and O–H groups in total. The van der Waals surface area contributed by atoms with E-state index >= 15 is 0 Å². The van der Waals surface area contributed by atoms with E-state index in [2.05, 4.69) is 11.4 Å². The lowest BCUT2D eigenvalue weighted by Gasteiger charge is -2.35. The molecular formula is C31H36FNO6S2. The van der Waals surface area contributed by atoms with Crippen LogP contribution in [0.15, 0.2) is 54.6 Å². The molecular weight excluding hydrogens is 565 g/mol. The zero-order chi connectivity index (χ0) is 29.6. The normalized spacial score (nSPS) is 14.9. The van der Waals surface area contributed by atoms with Crippen LogP contribution in [0.4, 0.5) is 10.1 Å². The molecule has 1 saturated heterocycles. The summed E-state index contributed by atoms with van der Waals surface area (Å²) in [6, 6.07) is 16.8. The summed E-state index contributed by atoms with van der Waals surface area (Å²) in [5, 5.41) is 12.1. The van der Waals surface area contributed by atoms with Crippen molar-refractivity contribution in [3.8, 4) is 16.9 Å². The Balaban J connectivity index is 1.45. The van der Waals surface area contributed by atoms with Crippen LogP contribution < -0.4 is 10.1 Å². The fraction of sp³-hybridized carbons (Fsp3) is 0.387. The van der Waals surface area contributed by atoms with E-state index in [1.165, 1.54) is 6.07 Å². The summed E-state index contributed by atoms with van der Waals surface area (Å²) < 4.78 is 49.9. The van der Waals surface area contributed by atoms with Gasteiger partial charge in [0.1, 0.15) is 23.8 Å². The van der Waals surface area contributed by atoms with Gasteiger partial charge in [-0.2, -0.15) is 20.2 Å². The number of ether oxygens (including phenoxy) is 1. The average molecular weight is 602 g/mol. The summed E-state index contributed by atoms with van der Waals surface area (Å²) in [7, 11) is -3.61. The lowest BCUT2D eigenvalue weighted by molar-refractivity contribution is -0.136. The summed E-state index contributed by atoms with van der Waals surface area (Å²) in [4.78, 5) is 10.8.